The van der Waals surface area contributed by atoms with Crippen molar-refractivity contribution >= 4 is 0 Å². The number of nitrogens with zero attached hydrogens (tertiary/aromatic N) is 12. The monoisotopic (exact) mass is 1830 g/mol. The molecule has 568 valence electrons. The Hall–Kier alpha value is -12.8. The molecule has 0 aliphatic rings. The molecule has 0 aliphatic heterocycles. The number of H-pyrrole nitrogens is 8. The van der Waals surface area contributed by atoms with Crippen LogP contribution in [0.5, 0.6) is 0 Å². The molecule has 8 aromatic carbocycles. The van der Waals surface area contributed by atoms with Crippen molar-refractivity contribution in [3.8, 4) is 91.1 Å². The molecule has 8 N–H and O–H groups in total. The van der Waals surface area contributed by atoms with E-state index in [1.807, 2.05) is 292 Å². The minimum absolute atomic E-state index is 0. The first-order valence-electron chi connectivity index (χ1n) is 30.3. The average Bonchev–Trinajstić information content (AvgIpc) is 1.80. The molecule has 0 bridgehead atoms. The van der Waals surface area contributed by atoms with Crippen LogP contribution >= 0.6 is 0 Å². The van der Waals surface area contributed by atoms with Crippen molar-refractivity contribution in [1.82, 2.24) is 79.7 Å². The van der Waals surface area contributed by atoms with Crippen molar-refractivity contribution in [3.63, 3.8) is 0 Å². The number of hydrogen-bond acceptors (Lipinski definition) is 20. The van der Waals surface area contributed by atoms with Crippen LogP contribution in [-0.2, 0) is 89.5 Å². The predicted molar refractivity (Wildman–Crippen MR) is 394 cm³/mol. The molecular weight excluding hydrogens is 1770 g/mol. The Morgan fingerprint density at radius 3 is 0.324 bits per heavy atom. The van der Waals surface area contributed by atoms with Crippen LogP contribution in [0.3, 0.4) is 0 Å². The molecule has 0 aliphatic carbocycles. The molecule has 108 heavy (non-hydrogen) atoms. The van der Waals surface area contributed by atoms with Gasteiger partial charge in [0, 0.05) is 144 Å². The van der Waals surface area contributed by atoms with Crippen LogP contribution in [-0.4, -0.2) is 100 Å². The van der Waals surface area contributed by atoms with Gasteiger partial charge in [-0.15, -0.1) is 0 Å². The van der Waals surface area contributed by atoms with Crippen LogP contribution in [0.2, 0.25) is 0 Å². The van der Waals surface area contributed by atoms with Crippen LogP contribution in [0, 0.1) is 61.3 Å². The quantitative estimate of drug-likeness (QED) is 0.0398. The van der Waals surface area contributed by atoms with Crippen LogP contribution in [0.25, 0.3) is 91.1 Å². The van der Waals surface area contributed by atoms with Crippen LogP contribution in [0.15, 0.2) is 342 Å². The van der Waals surface area contributed by atoms with Gasteiger partial charge >= 0.3 is 89.5 Å². The standard InChI is InChI=1S/8C9H8N2.4Ag.4NO3/c8*1-2-4-8(5-3-1)9-10-6-7-11-9;;;;;4*2-1(3)4/h8*1-7H,(H,10,11);;;;;;;;/q;;;;;;;;4*+1;4*-1. The smallest absolute Gasteiger partial charge is 0.356 e. The summed E-state index contributed by atoms with van der Waals surface area (Å²) in [6.45, 7) is 0. The van der Waals surface area contributed by atoms with Gasteiger partial charge in [0.1, 0.15) is 46.6 Å². The summed E-state index contributed by atoms with van der Waals surface area (Å²) in [5, 5.41) is 59.0. The maximum absolute atomic E-state index is 8.25. The van der Waals surface area contributed by atoms with Crippen LogP contribution < -0.4 is 0 Å². The Morgan fingerprint density at radius 2 is 0.259 bits per heavy atom. The first-order chi connectivity index (χ1) is 50.7. The van der Waals surface area contributed by atoms with E-state index in [4.69, 9.17) is 61.3 Å². The van der Waals surface area contributed by atoms with Crippen molar-refractivity contribution in [2.24, 2.45) is 0 Å². The third-order valence-corrected chi connectivity index (χ3v) is 12.4. The molecule has 0 radical (unpaired) electrons. The number of rotatable bonds is 8. The number of nitrogens with one attached hydrogen (secondary N) is 8. The Bertz CT molecular complexity index is 3790. The molecule has 0 saturated heterocycles. The molecular formula is C72H64Ag4N20O12. The van der Waals surface area contributed by atoms with E-state index >= 15 is 0 Å². The Morgan fingerprint density at radius 1 is 0.176 bits per heavy atom. The molecule has 16 rings (SSSR count). The Labute approximate surface area is 678 Å². The van der Waals surface area contributed by atoms with Gasteiger partial charge in [-0.3, -0.25) is 0 Å². The topological polar surface area (TPSA) is 494 Å². The van der Waals surface area contributed by atoms with Crippen molar-refractivity contribution in [1.29, 1.82) is 0 Å². The average molecular weight is 1830 g/mol. The fraction of sp³-hybridized carbons (Fsp3) is 0. The molecule has 0 unspecified atom stereocenters. The van der Waals surface area contributed by atoms with Gasteiger partial charge in [0.2, 0.25) is 0 Å². The van der Waals surface area contributed by atoms with Crippen LogP contribution in [0.1, 0.15) is 0 Å². The third kappa shape index (κ3) is 40.9. The molecule has 36 heteroatoms. The summed E-state index contributed by atoms with van der Waals surface area (Å²) in [5.41, 5.74) is 8.98. The Kier molecular flexibility index (Phi) is 49.7. The van der Waals surface area contributed by atoms with E-state index in [9.17, 15) is 0 Å². The number of hydrogen-bond donors (Lipinski definition) is 8. The second-order valence-corrected chi connectivity index (χ2v) is 19.3. The molecule has 0 atom stereocenters. The summed E-state index contributed by atoms with van der Waals surface area (Å²) in [4.78, 5) is 90.4. The molecule has 0 saturated carbocycles. The SMILES string of the molecule is O=[N+]([O-])[O-].O=[N+]([O-])[O-].O=[N+]([O-])[O-].O=[N+]([O-])[O-].[Ag+].[Ag+].[Ag+].[Ag+].c1ccc(-c2ncc[nH]2)cc1.c1ccc(-c2ncc[nH]2)cc1.c1ccc(-c2ncc[nH]2)cc1.c1ccc(-c2ncc[nH]2)cc1.c1ccc(-c2ncc[nH]2)cc1.c1ccc(-c2ncc[nH]2)cc1.c1ccc(-c2ncc[nH]2)cc1.c1ccc(-c2ncc[nH]2)cc1. The maximum atomic E-state index is 8.25. The Balaban J connectivity index is 0.000000597. The van der Waals surface area contributed by atoms with Gasteiger partial charge in [-0.1, -0.05) is 243 Å². The molecule has 16 aromatic rings. The van der Waals surface area contributed by atoms with E-state index < -0.39 is 20.3 Å². The minimum Gasteiger partial charge on any atom is -0.356 e. The summed E-state index contributed by atoms with van der Waals surface area (Å²) < 4.78 is 0. The first kappa shape index (κ1) is 93.2. The van der Waals surface area contributed by atoms with E-state index in [0.717, 1.165) is 91.1 Å². The summed E-state index contributed by atoms with van der Waals surface area (Å²) in [7, 11) is 0. The normalized spacial score (nSPS) is 8.89. The fourth-order valence-corrected chi connectivity index (χ4v) is 8.15. The maximum Gasteiger partial charge on any atom is 1.00 e. The van der Waals surface area contributed by atoms with Gasteiger partial charge < -0.3 is 101 Å². The first-order valence-corrected chi connectivity index (χ1v) is 30.3. The molecule has 0 fully saturated rings. The number of imidazole rings is 8. The summed E-state index contributed by atoms with van der Waals surface area (Å²) in [5.74, 6) is 7.37. The summed E-state index contributed by atoms with van der Waals surface area (Å²) >= 11 is 0. The summed E-state index contributed by atoms with van der Waals surface area (Å²) in [6.07, 6.45) is 28.6. The largest absolute Gasteiger partial charge is 1.00 e. The van der Waals surface area contributed by atoms with E-state index in [0.29, 0.717) is 0 Å². The number of benzene rings is 8. The van der Waals surface area contributed by atoms with Crippen LogP contribution in [0.4, 0.5) is 0 Å². The van der Waals surface area contributed by atoms with E-state index in [1.165, 1.54) is 0 Å². The second-order valence-electron chi connectivity index (χ2n) is 19.3. The minimum atomic E-state index is -1.75. The zero-order chi connectivity index (χ0) is 74.5. The molecule has 32 nitrogen and oxygen atoms in total. The van der Waals surface area contributed by atoms with Crippen molar-refractivity contribution in [2.45, 2.75) is 0 Å². The van der Waals surface area contributed by atoms with E-state index in [2.05, 4.69) is 79.7 Å². The van der Waals surface area contributed by atoms with Gasteiger partial charge in [-0.25, -0.2) is 39.9 Å². The summed E-state index contributed by atoms with van der Waals surface area (Å²) in [6, 6.07) is 80.3. The van der Waals surface area contributed by atoms with Gasteiger partial charge in [-0.2, -0.15) is 0 Å². The predicted octanol–water partition coefficient (Wildman–Crippen LogP) is 15.6. The van der Waals surface area contributed by atoms with Gasteiger partial charge in [-0.05, 0) is 0 Å². The number of aromatic amines is 8. The zero-order valence-corrected chi connectivity index (χ0v) is 61.7. The fourth-order valence-electron chi connectivity index (χ4n) is 8.15. The molecule has 8 heterocycles. The van der Waals surface area contributed by atoms with Gasteiger partial charge in [0.15, 0.2) is 0 Å². The van der Waals surface area contributed by atoms with E-state index in [1.54, 1.807) is 49.6 Å². The van der Waals surface area contributed by atoms with Gasteiger partial charge in [0.25, 0.3) is 0 Å². The van der Waals surface area contributed by atoms with Crippen molar-refractivity contribution in [3.05, 3.63) is 403 Å². The van der Waals surface area contributed by atoms with E-state index in [-0.39, 0.29) is 89.5 Å². The van der Waals surface area contributed by atoms with Gasteiger partial charge in [0.05, 0.1) is 20.3 Å². The zero-order valence-electron chi connectivity index (χ0n) is 55.8. The molecule has 0 amide bonds. The van der Waals surface area contributed by atoms with Crippen molar-refractivity contribution < 1.29 is 110 Å². The van der Waals surface area contributed by atoms with Crippen molar-refractivity contribution in [2.75, 3.05) is 0 Å². The molecule has 0 spiro atoms. The second kappa shape index (κ2) is 57.6. The number of aromatic nitrogens is 16. The molecule has 8 aromatic heterocycles. The third-order valence-electron chi connectivity index (χ3n) is 12.4.